The lowest BCUT2D eigenvalue weighted by atomic mass is 10.2. The highest BCUT2D eigenvalue weighted by Gasteiger charge is 2.12. The van der Waals surface area contributed by atoms with Gasteiger partial charge in [-0.2, -0.15) is 0 Å². The number of anilines is 1. The Kier molecular flexibility index (Phi) is 5.43. The van der Waals surface area contributed by atoms with Crippen molar-refractivity contribution in [2.45, 2.75) is 20.0 Å². The second-order valence-electron chi connectivity index (χ2n) is 4.24. The molecule has 0 aliphatic carbocycles. The third-order valence-corrected chi connectivity index (χ3v) is 3.54. The van der Waals surface area contributed by atoms with Crippen LogP contribution in [-0.2, 0) is 17.8 Å². The number of nitrogens with zero attached hydrogens (tertiary/aromatic N) is 3. The van der Waals surface area contributed by atoms with Gasteiger partial charge in [0.1, 0.15) is 11.6 Å². The van der Waals surface area contributed by atoms with Crippen molar-refractivity contribution in [3.05, 3.63) is 46.1 Å². The molecule has 0 spiro atoms. The van der Waals surface area contributed by atoms with Gasteiger partial charge >= 0.3 is 0 Å². The molecule has 106 valence electrons. The van der Waals surface area contributed by atoms with Gasteiger partial charge in [-0.1, -0.05) is 0 Å². The van der Waals surface area contributed by atoms with Crippen LogP contribution in [0.1, 0.15) is 24.0 Å². The van der Waals surface area contributed by atoms with E-state index >= 15 is 0 Å². The van der Waals surface area contributed by atoms with Crippen molar-refractivity contribution in [2.24, 2.45) is 0 Å². The van der Waals surface area contributed by atoms with E-state index in [4.69, 9.17) is 4.74 Å². The van der Waals surface area contributed by atoms with Crippen molar-refractivity contribution in [1.82, 2.24) is 15.0 Å². The van der Waals surface area contributed by atoms with Crippen LogP contribution in [0.25, 0.3) is 0 Å². The Hall–Kier alpha value is -1.53. The van der Waals surface area contributed by atoms with Gasteiger partial charge in [-0.05, 0) is 40.5 Å². The third-order valence-electron chi connectivity index (χ3n) is 2.70. The minimum atomic E-state index is 0.449. The van der Waals surface area contributed by atoms with E-state index in [1.165, 1.54) is 0 Å². The van der Waals surface area contributed by atoms with E-state index in [-0.39, 0.29) is 0 Å². The summed E-state index contributed by atoms with van der Waals surface area (Å²) in [6.45, 7) is 3.29. The zero-order valence-corrected chi connectivity index (χ0v) is 13.1. The van der Waals surface area contributed by atoms with Gasteiger partial charge in [0.2, 0.25) is 0 Å². The number of halogens is 1. The highest BCUT2D eigenvalue weighted by Crippen LogP contribution is 2.24. The number of pyridine rings is 1. The number of rotatable bonds is 6. The lowest BCUT2D eigenvalue weighted by molar-refractivity contribution is 0.180. The van der Waals surface area contributed by atoms with Crippen molar-refractivity contribution >= 4 is 21.7 Å². The molecular weight excluding hydrogens is 320 g/mol. The molecule has 0 saturated carbocycles. The summed E-state index contributed by atoms with van der Waals surface area (Å²) in [6.07, 6.45) is 4.22. The molecule has 2 aromatic rings. The largest absolute Gasteiger partial charge is 0.378 e. The van der Waals surface area contributed by atoms with E-state index in [2.05, 4.69) is 36.2 Å². The molecule has 0 aliphatic heterocycles. The lowest BCUT2D eigenvalue weighted by Gasteiger charge is -2.11. The van der Waals surface area contributed by atoms with E-state index < -0.39 is 0 Å². The molecule has 6 heteroatoms. The second kappa shape index (κ2) is 7.31. The molecule has 2 heterocycles. The molecule has 0 bridgehead atoms. The predicted octanol–water partition coefficient (Wildman–Crippen LogP) is 2.80. The molecule has 2 aromatic heterocycles. The van der Waals surface area contributed by atoms with Crippen molar-refractivity contribution in [2.75, 3.05) is 19.0 Å². The number of nitrogens with one attached hydrogen (secondary N) is 1. The van der Waals surface area contributed by atoms with Crippen LogP contribution in [-0.4, -0.2) is 28.6 Å². The van der Waals surface area contributed by atoms with Crippen molar-refractivity contribution < 1.29 is 4.74 Å². The zero-order valence-electron chi connectivity index (χ0n) is 11.6. The van der Waals surface area contributed by atoms with Gasteiger partial charge in [0, 0.05) is 32.5 Å². The van der Waals surface area contributed by atoms with Crippen LogP contribution in [0.3, 0.4) is 0 Å². The van der Waals surface area contributed by atoms with E-state index in [9.17, 15) is 0 Å². The molecule has 20 heavy (non-hydrogen) atoms. The van der Waals surface area contributed by atoms with Crippen molar-refractivity contribution in [3.8, 4) is 0 Å². The van der Waals surface area contributed by atoms with Gasteiger partial charge < -0.3 is 10.1 Å². The highest BCUT2D eigenvalue weighted by atomic mass is 79.9. The fraction of sp³-hybridized carbons (Fsp3) is 0.357. The Morgan fingerprint density at radius 3 is 2.65 bits per heavy atom. The van der Waals surface area contributed by atoms with Crippen LogP contribution in [0.4, 0.5) is 5.82 Å². The molecule has 0 amide bonds. The molecule has 2 rings (SSSR count). The van der Waals surface area contributed by atoms with Crippen LogP contribution in [0.5, 0.6) is 0 Å². The monoisotopic (exact) mass is 336 g/mol. The fourth-order valence-corrected chi connectivity index (χ4v) is 2.26. The molecule has 0 aliphatic rings. The predicted molar refractivity (Wildman–Crippen MR) is 81.7 cm³/mol. The van der Waals surface area contributed by atoms with E-state index in [0.717, 1.165) is 33.9 Å². The van der Waals surface area contributed by atoms with Crippen LogP contribution in [0, 0.1) is 0 Å². The average Bonchev–Trinajstić information content (AvgIpc) is 2.45. The van der Waals surface area contributed by atoms with Gasteiger partial charge in [-0.15, -0.1) is 0 Å². The van der Waals surface area contributed by atoms with Gasteiger partial charge in [0.25, 0.3) is 0 Å². The Bertz CT molecular complexity index is 535. The number of ether oxygens (including phenoxy) is 1. The Morgan fingerprint density at radius 1 is 1.25 bits per heavy atom. The third kappa shape index (κ3) is 3.74. The van der Waals surface area contributed by atoms with Crippen LogP contribution < -0.4 is 5.32 Å². The van der Waals surface area contributed by atoms with Gasteiger partial charge in [-0.25, -0.2) is 9.97 Å². The first kappa shape index (κ1) is 14.9. The number of hydrogen-bond acceptors (Lipinski definition) is 5. The smallest absolute Gasteiger partial charge is 0.144 e. The molecule has 5 nitrogen and oxygen atoms in total. The topological polar surface area (TPSA) is 59.9 Å². The first-order valence-electron chi connectivity index (χ1n) is 6.41. The maximum Gasteiger partial charge on any atom is 0.144 e. The van der Waals surface area contributed by atoms with Crippen LogP contribution >= 0.6 is 15.9 Å². The summed E-state index contributed by atoms with van der Waals surface area (Å²) in [5, 5.41) is 3.23. The maximum absolute atomic E-state index is 5.19. The van der Waals surface area contributed by atoms with Crippen molar-refractivity contribution in [1.29, 1.82) is 0 Å². The molecule has 0 fully saturated rings. The summed E-state index contributed by atoms with van der Waals surface area (Å²) in [5.74, 6) is 1.57. The maximum atomic E-state index is 5.19. The first-order valence-corrected chi connectivity index (χ1v) is 7.21. The van der Waals surface area contributed by atoms with Crippen LogP contribution in [0.2, 0.25) is 0 Å². The van der Waals surface area contributed by atoms with E-state index in [0.29, 0.717) is 13.0 Å². The van der Waals surface area contributed by atoms with Crippen LogP contribution in [0.15, 0.2) is 29.0 Å². The minimum absolute atomic E-state index is 0.449. The Balaban J connectivity index is 2.32. The summed E-state index contributed by atoms with van der Waals surface area (Å²) >= 11 is 3.53. The normalized spacial score (nSPS) is 10.6. The standard InChI is InChI=1S/C14H17BrN4O/c1-3-17-14-13(15)11(9-20-2)18-12(19-14)8-10-4-6-16-7-5-10/h4-7H,3,8-9H2,1-2H3,(H,17,18,19). The van der Waals surface area contributed by atoms with Crippen molar-refractivity contribution in [3.63, 3.8) is 0 Å². The molecule has 0 unspecified atom stereocenters. The second-order valence-corrected chi connectivity index (χ2v) is 5.04. The average molecular weight is 337 g/mol. The highest BCUT2D eigenvalue weighted by molar-refractivity contribution is 9.10. The van der Waals surface area contributed by atoms with Gasteiger partial charge in [0.15, 0.2) is 0 Å². The fourth-order valence-electron chi connectivity index (χ4n) is 1.82. The Labute approximate surface area is 127 Å². The van der Waals surface area contributed by atoms with E-state index in [1.807, 2.05) is 19.1 Å². The molecule has 0 aromatic carbocycles. The number of aromatic nitrogens is 3. The first-order chi connectivity index (χ1) is 9.74. The summed E-state index contributed by atoms with van der Waals surface area (Å²) in [6, 6.07) is 3.93. The summed E-state index contributed by atoms with van der Waals surface area (Å²) < 4.78 is 6.05. The molecule has 0 radical (unpaired) electrons. The molecule has 0 atom stereocenters. The quantitative estimate of drug-likeness (QED) is 0.878. The van der Waals surface area contributed by atoms with E-state index in [1.54, 1.807) is 19.5 Å². The molecular formula is C14H17BrN4O. The number of hydrogen-bond donors (Lipinski definition) is 1. The Morgan fingerprint density at radius 2 is 2.00 bits per heavy atom. The molecule has 0 saturated heterocycles. The summed E-state index contributed by atoms with van der Waals surface area (Å²) in [5.41, 5.74) is 1.98. The van der Waals surface area contributed by atoms with Gasteiger partial charge in [-0.3, -0.25) is 4.98 Å². The van der Waals surface area contributed by atoms with Gasteiger partial charge in [0.05, 0.1) is 16.8 Å². The SMILES string of the molecule is CCNc1nc(Cc2ccncc2)nc(COC)c1Br. The summed E-state index contributed by atoms with van der Waals surface area (Å²) in [7, 11) is 1.66. The molecule has 1 N–H and O–H groups in total. The lowest BCUT2D eigenvalue weighted by Crippen LogP contribution is -2.09. The zero-order chi connectivity index (χ0) is 14.4. The number of methoxy groups -OCH3 is 1. The minimum Gasteiger partial charge on any atom is -0.378 e. The summed E-state index contributed by atoms with van der Waals surface area (Å²) in [4.78, 5) is 13.1.